The second-order valence-electron chi connectivity index (χ2n) is 7.89. The molecular weight excluding hydrogens is 462 g/mol. The van der Waals surface area contributed by atoms with Crippen LogP contribution in [0, 0.1) is 0 Å². The average molecular weight is 488 g/mol. The first-order chi connectivity index (χ1) is 15.5. The van der Waals surface area contributed by atoms with Crippen LogP contribution in [0.25, 0.3) is 0 Å². The van der Waals surface area contributed by atoms with Gasteiger partial charge in [-0.05, 0) is 48.1 Å². The van der Waals surface area contributed by atoms with E-state index in [0.29, 0.717) is 35.6 Å². The van der Waals surface area contributed by atoms with Gasteiger partial charge in [0, 0.05) is 39.0 Å². The topological polar surface area (TPSA) is 55.4 Å². The van der Waals surface area contributed by atoms with Gasteiger partial charge in [-0.1, -0.05) is 42.8 Å². The number of thiophene rings is 1. The lowest BCUT2D eigenvalue weighted by Gasteiger charge is -2.36. The van der Waals surface area contributed by atoms with E-state index in [1.807, 2.05) is 48.7 Å². The number of rotatable bonds is 7. The van der Waals surface area contributed by atoms with Crippen LogP contribution in [0.3, 0.4) is 0 Å². The summed E-state index contributed by atoms with van der Waals surface area (Å²) in [5.74, 6) is 1.07. The van der Waals surface area contributed by atoms with Gasteiger partial charge >= 0.3 is 5.97 Å². The predicted molar refractivity (Wildman–Crippen MR) is 132 cm³/mol. The summed E-state index contributed by atoms with van der Waals surface area (Å²) in [6.07, 6.45) is 1.06. The SMILES string of the molecule is CCSCCOC(=O)C1=C(C)NC2=C(C(=O)C[C@H](c3ccccc3Cl)C2)[C@H]1c1cccs1. The zero-order chi connectivity index (χ0) is 22.7. The molecule has 168 valence electrons. The number of allylic oxidation sites excluding steroid dienone is 3. The van der Waals surface area contributed by atoms with Gasteiger partial charge in [0.25, 0.3) is 0 Å². The number of dihydropyridines is 1. The molecule has 1 N–H and O–H groups in total. The van der Waals surface area contributed by atoms with Crippen molar-refractivity contribution >= 4 is 46.5 Å². The molecular formula is C25H26ClNO3S2. The molecule has 1 aromatic carbocycles. The van der Waals surface area contributed by atoms with Crippen LogP contribution in [0.2, 0.25) is 5.02 Å². The number of hydrogen-bond donors (Lipinski definition) is 1. The fraction of sp³-hybridized carbons (Fsp3) is 0.360. The lowest BCUT2D eigenvalue weighted by Crippen LogP contribution is -2.36. The molecule has 0 radical (unpaired) electrons. The maximum Gasteiger partial charge on any atom is 0.336 e. The molecule has 0 saturated carbocycles. The molecule has 0 amide bonds. The number of benzene rings is 1. The van der Waals surface area contributed by atoms with Gasteiger partial charge in [-0.25, -0.2) is 4.79 Å². The van der Waals surface area contributed by atoms with Crippen LogP contribution in [0.1, 0.15) is 49.0 Å². The van der Waals surface area contributed by atoms with E-state index in [-0.39, 0.29) is 17.7 Å². The first-order valence-electron chi connectivity index (χ1n) is 10.8. The van der Waals surface area contributed by atoms with Crippen LogP contribution in [0.5, 0.6) is 0 Å². The Kier molecular flexibility index (Phi) is 7.44. The van der Waals surface area contributed by atoms with Gasteiger partial charge in [-0.15, -0.1) is 11.3 Å². The van der Waals surface area contributed by atoms with Crippen LogP contribution < -0.4 is 5.32 Å². The van der Waals surface area contributed by atoms with E-state index in [1.165, 1.54) is 0 Å². The van der Waals surface area contributed by atoms with E-state index in [4.69, 9.17) is 16.3 Å². The molecule has 7 heteroatoms. The molecule has 4 rings (SSSR count). The smallest absolute Gasteiger partial charge is 0.336 e. The second kappa shape index (κ2) is 10.3. The van der Waals surface area contributed by atoms with Gasteiger partial charge < -0.3 is 10.1 Å². The van der Waals surface area contributed by atoms with Gasteiger partial charge in [0.2, 0.25) is 0 Å². The van der Waals surface area contributed by atoms with Crippen molar-refractivity contribution in [1.29, 1.82) is 0 Å². The average Bonchev–Trinajstić information content (AvgIpc) is 3.30. The maximum atomic E-state index is 13.5. The third-order valence-electron chi connectivity index (χ3n) is 5.89. The van der Waals surface area contributed by atoms with Crippen LogP contribution in [-0.2, 0) is 14.3 Å². The molecule has 1 aliphatic heterocycles. The Morgan fingerprint density at radius 1 is 1.25 bits per heavy atom. The first-order valence-corrected chi connectivity index (χ1v) is 13.2. The number of hydrogen-bond acceptors (Lipinski definition) is 6. The van der Waals surface area contributed by atoms with E-state index in [9.17, 15) is 9.59 Å². The molecule has 1 aromatic heterocycles. The number of ketones is 1. The quantitative estimate of drug-likeness (QED) is 0.380. The number of carbonyl (C=O) groups excluding carboxylic acids is 2. The minimum atomic E-state index is -0.391. The highest BCUT2D eigenvalue weighted by atomic mass is 35.5. The normalized spacial score (nSPS) is 20.8. The standard InChI is InChI=1S/C25H26ClNO3S2/c1-3-31-12-10-30-25(29)22-15(2)27-19-13-16(17-7-4-5-8-18(17)26)14-20(28)23(19)24(22)21-9-6-11-32-21/h4-9,11,16,24,27H,3,10,12-14H2,1-2H3/t16-,24+/m1/s1. The molecule has 4 nitrogen and oxygen atoms in total. The van der Waals surface area contributed by atoms with E-state index in [2.05, 4.69) is 12.2 Å². The Morgan fingerprint density at radius 2 is 2.06 bits per heavy atom. The number of carbonyl (C=O) groups is 2. The third kappa shape index (κ3) is 4.68. The monoisotopic (exact) mass is 487 g/mol. The Hall–Kier alpha value is -2.02. The number of Topliss-reactive ketones (excluding diaryl/α,β-unsaturated/α-hetero) is 1. The van der Waals surface area contributed by atoms with Crippen LogP contribution in [0.15, 0.2) is 64.3 Å². The summed E-state index contributed by atoms with van der Waals surface area (Å²) in [5, 5.41) is 6.05. The van der Waals surface area contributed by atoms with Crippen molar-refractivity contribution in [3.63, 3.8) is 0 Å². The third-order valence-corrected chi connectivity index (χ3v) is 8.03. The highest BCUT2D eigenvalue weighted by Crippen LogP contribution is 2.47. The summed E-state index contributed by atoms with van der Waals surface area (Å²) in [7, 11) is 0. The molecule has 2 aliphatic rings. The highest BCUT2D eigenvalue weighted by molar-refractivity contribution is 7.99. The van der Waals surface area contributed by atoms with Crippen LogP contribution >= 0.6 is 34.7 Å². The lowest BCUT2D eigenvalue weighted by molar-refractivity contribution is -0.138. The number of thioether (sulfide) groups is 1. The number of esters is 1. The van der Waals surface area contributed by atoms with Crippen LogP contribution in [0.4, 0.5) is 0 Å². The Bertz CT molecular complexity index is 1070. The molecule has 0 unspecified atom stereocenters. The van der Waals surface area contributed by atoms with Crippen molar-refractivity contribution in [2.45, 2.75) is 38.5 Å². The molecule has 1 aliphatic carbocycles. The van der Waals surface area contributed by atoms with E-state index >= 15 is 0 Å². The summed E-state index contributed by atoms with van der Waals surface area (Å²) < 4.78 is 5.60. The van der Waals surface area contributed by atoms with E-state index in [1.54, 1.807) is 23.1 Å². The Labute approximate surface area is 202 Å². The molecule has 0 bridgehead atoms. The lowest BCUT2D eigenvalue weighted by atomic mass is 9.73. The molecule has 2 atom stereocenters. The van der Waals surface area contributed by atoms with Gasteiger partial charge in [0.1, 0.15) is 6.61 Å². The first kappa shape index (κ1) is 23.1. The summed E-state index contributed by atoms with van der Waals surface area (Å²) in [4.78, 5) is 27.6. The summed E-state index contributed by atoms with van der Waals surface area (Å²) in [6.45, 7) is 4.33. The molecule has 0 spiro atoms. The largest absolute Gasteiger partial charge is 0.461 e. The predicted octanol–water partition coefficient (Wildman–Crippen LogP) is 6.06. The van der Waals surface area contributed by atoms with Crippen molar-refractivity contribution < 1.29 is 14.3 Å². The Morgan fingerprint density at radius 3 is 2.78 bits per heavy atom. The molecule has 0 saturated heterocycles. The van der Waals surface area contributed by atoms with Crippen LogP contribution in [-0.4, -0.2) is 29.9 Å². The summed E-state index contributed by atoms with van der Waals surface area (Å²) in [5.41, 5.74) is 3.86. The van der Waals surface area contributed by atoms with Gasteiger partial charge in [-0.2, -0.15) is 11.8 Å². The number of nitrogens with one attached hydrogen (secondary N) is 1. The molecule has 0 fully saturated rings. The number of halogens is 1. The molecule has 2 aromatic rings. The van der Waals surface area contributed by atoms with Crippen molar-refractivity contribution in [3.05, 3.63) is 79.8 Å². The zero-order valence-electron chi connectivity index (χ0n) is 18.2. The van der Waals surface area contributed by atoms with Crippen molar-refractivity contribution in [3.8, 4) is 0 Å². The Balaban J connectivity index is 1.68. The second-order valence-corrected chi connectivity index (χ2v) is 10.7. The van der Waals surface area contributed by atoms with Gasteiger partial charge in [0.15, 0.2) is 5.78 Å². The van der Waals surface area contributed by atoms with Crippen molar-refractivity contribution in [1.82, 2.24) is 5.32 Å². The minimum Gasteiger partial charge on any atom is -0.461 e. The zero-order valence-corrected chi connectivity index (χ0v) is 20.5. The molecule has 32 heavy (non-hydrogen) atoms. The number of ether oxygens (including phenoxy) is 1. The van der Waals surface area contributed by atoms with Gasteiger partial charge in [-0.3, -0.25) is 4.79 Å². The van der Waals surface area contributed by atoms with Gasteiger partial charge in [0.05, 0.1) is 11.5 Å². The summed E-state index contributed by atoms with van der Waals surface area (Å²) >= 11 is 9.73. The van der Waals surface area contributed by atoms with Crippen molar-refractivity contribution in [2.75, 3.05) is 18.1 Å². The summed E-state index contributed by atoms with van der Waals surface area (Å²) in [6, 6.07) is 11.7. The highest BCUT2D eigenvalue weighted by Gasteiger charge is 2.42. The van der Waals surface area contributed by atoms with E-state index < -0.39 is 5.92 Å². The molecule has 2 heterocycles. The van der Waals surface area contributed by atoms with E-state index in [0.717, 1.165) is 33.3 Å². The minimum absolute atomic E-state index is 0.0128. The maximum absolute atomic E-state index is 13.5. The fourth-order valence-electron chi connectivity index (χ4n) is 4.49. The van der Waals surface area contributed by atoms with Crippen molar-refractivity contribution in [2.24, 2.45) is 0 Å². The fourth-order valence-corrected chi connectivity index (χ4v) is 6.11.